The molecule has 0 N–H and O–H groups in total. The molecular formula is C18H17NO4S2. The molecule has 3 rings (SSSR count). The molecule has 1 aliphatic rings. The van der Waals surface area contributed by atoms with Gasteiger partial charge in [0.1, 0.15) is 12.3 Å². The largest absolute Gasteiger partial charge is 0.456 e. The molecule has 0 saturated heterocycles. The Morgan fingerprint density at radius 3 is 2.48 bits per heavy atom. The Morgan fingerprint density at radius 2 is 1.80 bits per heavy atom. The van der Waals surface area contributed by atoms with Gasteiger partial charge >= 0.3 is 5.97 Å². The van der Waals surface area contributed by atoms with E-state index in [4.69, 9.17) is 4.74 Å². The molecule has 2 aromatic rings. The molecule has 0 atom stereocenters. The molecule has 0 saturated carbocycles. The topological polar surface area (TPSA) is 63.7 Å². The number of ether oxygens (including phenoxy) is 1. The van der Waals surface area contributed by atoms with E-state index >= 15 is 0 Å². The average Bonchev–Trinajstić information content (AvgIpc) is 3.12. The number of hydrogen-bond donors (Lipinski definition) is 0. The zero-order valence-electron chi connectivity index (χ0n) is 13.6. The molecule has 130 valence electrons. The third-order valence-electron chi connectivity index (χ3n) is 3.69. The van der Waals surface area contributed by atoms with Gasteiger partial charge in [-0.15, -0.1) is 11.8 Å². The van der Waals surface area contributed by atoms with Crippen molar-refractivity contribution in [2.45, 2.75) is 18.4 Å². The van der Waals surface area contributed by atoms with Crippen LogP contribution in [-0.4, -0.2) is 24.6 Å². The standard InChI is InChI=1S/C18H17NO4S2/c1-14-7-9-16(10-8-14)25(21,22)19-13-24-12-17(19)18(20)23-11-15-5-3-2-4-6-15/h2-10,12H,11,13H2,1H3. The van der Waals surface area contributed by atoms with Gasteiger partial charge in [-0.1, -0.05) is 48.0 Å². The summed E-state index contributed by atoms with van der Waals surface area (Å²) in [6, 6.07) is 15.8. The van der Waals surface area contributed by atoms with E-state index in [1.807, 2.05) is 37.3 Å². The van der Waals surface area contributed by atoms with Crippen molar-refractivity contribution in [2.24, 2.45) is 0 Å². The van der Waals surface area contributed by atoms with Crippen LogP contribution in [-0.2, 0) is 26.2 Å². The van der Waals surface area contributed by atoms with Crippen molar-refractivity contribution >= 4 is 27.8 Å². The van der Waals surface area contributed by atoms with Gasteiger partial charge in [-0.25, -0.2) is 17.5 Å². The van der Waals surface area contributed by atoms with E-state index in [1.165, 1.54) is 17.2 Å². The molecule has 0 radical (unpaired) electrons. The van der Waals surface area contributed by atoms with Crippen LogP contribution in [0.5, 0.6) is 0 Å². The number of sulfonamides is 1. The Bertz CT molecular complexity index is 890. The highest BCUT2D eigenvalue weighted by Gasteiger charge is 2.34. The highest BCUT2D eigenvalue weighted by molar-refractivity contribution is 8.03. The fraction of sp³-hybridized carbons (Fsp3) is 0.167. The maximum absolute atomic E-state index is 12.8. The molecule has 1 heterocycles. The zero-order chi connectivity index (χ0) is 17.9. The van der Waals surface area contributed by atoms with Crippen LogP contribution in [0.3, 0.4) is 0 Å². The molecule has 0 fully saturated rings. The smallest absolute Gasteiger partial charge is 0.356 e. The summed E-state index contributed by atoms with van der Waals surface area (Å²) in [5.41, 5.74) is 1.85. The summed E-state index contributed by atoms with van der Waals surface area (Å²) in [6.07, 6.45) is 0. The molecule has 5 nitrogen and oxygen atoms in total. The molecule has 7 heteroatoms. The van der Waals surface area contributed by atoms with Crippen LogP contribution in [0.2, 0.25) is 0 Å². The van der Waals surface area contributed by atoms with E-state index in [2.05, 4.69) is 0 Å². The predicted molar refractivity (Wildman–Crippen MR) is 97.0 cm³/mol. The fourth-order valence-corrected chi connectivity index (χ4v) is 4.95. The van der Waals surface area contributed by atoms with Crippen LogP contribution < -0.4 is 0 Å². The first-order valence-corrected chi connectivity index (χ1v) is 10.1. The molecule has 2 aromatic carbocycles. The Kier molecular flexibility index (Phi) is 5.15. The van der Waals surface area contributed by atoms with Gasteiger partial charge in [0.2, 0.25) is 0 Å². The lowest BCUT2D eigenvalue weighted by Crippen LogP contribution is -2.31. The summed E-state index contributed by atoms with van der Waals surface area (Å²) < 4.78 is 32.0. The molecule has 25 heavy (non-hydrogen) atoms. The fourth-order valence-electron chi connectivity index (χ4n) is 2.30. The molecule has 0 spiro atoms. The van der Waals surface area contributed by atoms with Crippen molar-refractivity contribution in [3.63, 3.8) is 0 Å². The van der Waals surface area contributed by atoms with Crippen molar-refractivity contribution in [1.29, 1.82) is 0 Å². The summed E-state index contributed by atoms with van der Waals surface area (Å²) in [7, 11) is -3.79. The monoisotopic (exact) mass is 375 g/mol. The minimum atomic E-state index is -3.79. The van der Waals surface area contributed by atoms with Gasteiger partial charge in [0, 0.05) is 5.41 Å². The van der Waals surface area contributed by atoms with Crippen LogP contribution in [0.1, 0.15) is 11.1 Å². The van der Waals surface area contributed by atoms with E-state index < -0.39 is 16.0 Å². The normalized spacial score (nSPS) is 14.3. The lowest BCUT2D eigenvalue weighted by Gasteiger charge is -2.20. The number of hydrogen-bond acceptors (Lipinski definition) is 5. The number of carbonyl (C=O) groups excluding carboxylic acids is 1. The lowest BCUT2D eigenvalue weighted by molar-refractivity contribution is -0.141. The van der Waals surface area contributed by atoms with Gasteiger partial charge in [0.15, 0.2) is 0 Å². The number of rotatable bonds is 5. The van der Waals surface area contributed by atoms with Gasteiger partial charge in [-0.05, 0) is 24.6 Å². The highest BCUT2D eigenvalue weighted by Crippen LogP contribution is 2.31. The number of benzene rings is 2. The Morgan fingerprint density at radius 1 is 1.12 bits per heavy atom. The first-order chi connectivity index (χ1) is 12.0. The highest BCUT2D eigenvalue weighted by atomic mass is 32.2. The quantitative estimate of drug-likeness (QED) is 0.751. The minimum Gasteiger partial charge on any atom is -0.456 e. The zero-order valence-corrected chi connectivity index (χ0v) is 15.2. The Balaban J connectivity index is 1.75. The van der Waals surface area contributed by atoms with Crippen molar-refractivity contribution < 1.29 is 17.9 Å². The van der Waals surface area contributed by atoms with Crippen LogP contribution in [0.15, 0.2) is 70.6 Å². The molecule has 0 amide bonds. The van der Waals surface area contributed by atoms with E-state index in [-0.39, 0.29) is 23.1 Å². The van der Waals surface area contributed by atoms with Crippen LogP contribution in [0, 0.1) is 6.92 Å². The van der Waals surface area contributed by atoms with E-state index in [0.717, 1.165) is 15.4 Å². The van der Waals surface area contributed by atoms with Crippen molar-refractivity contribution in [2.75, 3.05) is 5.88 Å². The number of aryl methyl sites for hydroxylation is 1. The van der Waals surface area contributed by atoms with Crippen LogP contribution in [0.25, 0.3) is 0 Å². The van der Waals surface area contributed by atoms with E-state index in [1.54, 1.807) is 24.3 Å². The summed E-state index contributed by atoms with van der Waals surface area (Å²) >= 11 is 1.25. The van der Waals surface area contributed by atoms with Gasteiger partial charge in [0.05, 0.1) is 10.8 Å². The molecular weight excluding hydrogens is 358 g/mol. The molecule has 0 aliphatic carbocycles. The third kappa shape index (κ3) is 3.88. The number of esters is 1. The predicted octanol–water partition coefficient (Wildman–Crippen LogP) is 3.27. The Labute approximate surface area is 151 Å². The second-order valence-electron chi connectivity index (χ2n) is 5.53. The van der Waals surface area contributed by atoms with Crippen LogP contribution in [0.4, 0.5) is 0 Å². The molecule has 0 unspecified atom stereocenters. The summed E-state index contributed by atoms with van der Waals surface area (Å²) in [5.74, 6) is -0.490. The first kappa shape index (κ1) is 17.6. The number of carbonyl (C=O) groups is 1. The van der Waals surface area contributed by atoms with Crippen molar-refractivity contribution in [3.8, 4) is 0 Å². The SMILES string of the molecule is Cc1ccc(S(=O)(=O)N2CSC=C2C(=O)OCc2ccccc2)cc1. The minimum absolute atomic E-state index is 0.0431. The second kappa shape index (κ2) is 7.33. The van der Waals surface area contributed by atoms with Crippen molar-refractivity contribution in [1.82, 2.24) is 4.31 Å². The number of nitrogens with zero attached hydrogens (tertiary/aromatic N) is 1. The summed E-state index contributed by atoms with van der Waals surface area (Å²) in [6.45, 7) is 1.98. The molecule has 0 aromatic heterocycles. The lowest BCUT2D eigenvalue weighted by atomic mass is 10.2. The molecule has 1 aliphatic heterocycles. The number of thioether (sulfide) groups is 1. The van der Waals surface area contributed by atoms with Gasteiger partial charge in [-0.2, -0.15) is 0 Å². The average molecular weight is 375 g/mol. The van der Waals surface area contributed by atoms with Gasteiger partial charge in [-0.3, -0.25) is 0 Å². The maximum atomic E-state index is 12.8. The molecule has 0 bridgehead atoms. The Hall–Kier alpha value is -2.25. The van der Waals surface area contributed by atoms with Crippen molar-refractivity contribution in [3.05, 3.63) is 76.8 Å². The third-order valence-corrected chi connectivity index (χ3v) is 6.42. The van der Waals surface area contributed by atoms with Gasteiger partial charge < -0.3 is 4.74 Å². The van der Waals surface area contributed by atoms with Crippen LogP contribution >= 0.6 is 11.8 Å². The van der Waals surface area contributed by atoms with E-state index in [0.29, 0.717) is 0 Å². The second-order valence-corrected chi connectivity index (χ2v) is 8.22. The summed E-state index contributed by atoms with van der Waals surface area (Å²) in [4.78, 5) is 12.5. The maximum Gasteiger partial charge on any atom is 0.356 e. The van der Waals surface area contributed by atoms with Gasteiger partial charge in [0.25, 0.3) is 10.0 Å². The van der Waals surface area contributed by atoms with E-state index in [9.17, 15) is 13.2 Å². The first-order valence-electron chi connectivity index (χ1n) is 7.61. The summed E-state index contributed by atoms with van der Waals surface area (Å²) in [5, 5.41) is 1.53.